The van der Waals surface area contributed by atoms with Crippen LogP contribution in [0.2, 0.25) is 0 Å². The number of ether oxygens (including phenoxy) is 1. The van der Waals surface area contributed by atoms with Crippen LogP contribution in [0.5, 0.6) is 5.75 Å². The Kier molecular flexibility index (Phi) is 5.45. The zero-order valence-corrected chi connectivity index (χ0v) is 15.9. The Labute approximate surface area is 167 Å². The van der Waals surface area contributed by atoms with Gasteiger partial charge in [0.2, 0.25) is 0 Å². The Morgan fingerprint density at radius 2 is 1.50 bits per heavy atom. The van der Waals surface area contributed by atoms with Gasteiger partial charge < -0.3 is 4.74 Å². The number of carbonyl (C=O) groups is 1. The van der Waals surface area contributed by atoms with Crippen molar-refractivity contribution in [1.82, 2.24) is 4.98 Å². The molecule has 1 N–H and O–H groups in total. The number of nitrogens with one attached hydrogen (secondary N) is 1. The number of hydrogen-bond acceptors (Lipinski definition) is 4. The molecular formula is C23H18N2O2S. The van der Waals surface area contributed by atoms with E-state index in [1.165, 1.54) is 11.3 Å². The van der Waals surface area contributed by atoms with Crippen molar-refractivity contribution < 1.29 is 9.53 Å². The molecule has 0 radical (unpaired) electrons. The first kappa shape index (κ1) is 17.9. The molecule has 0 fully saturated rings. The van der Waals surface area contributed by atoms with Crippen molar-refractivity contribution >= 4 is 22.4 Å². The Balaban J connectivity index is 1.40. The van der Waals surface area contributed by atoms with Crippen LogP contribution in [0.15, 0.2) is 90.3 Å². The van der Waals surface area contributed by atoms with Crippen molar-refractivity contribution in [3.05, 3.63) is 90.3 Å². The molecule has 28 heavy (non-hydrogen) atoms. The maximum absolute atomic E-state index is 12.3. The van der Waals surface area contributed by atoms with E-state index in [2.05, 4.69) is 10.3 Å². The summed E-state index contributed by atoms with van der Waals surface area (Å²) in [6.07, 6.45) is 0. The van der Waals surface area contributed by atoms with Crippen molar-refractivity contribution in [2.75, 3.05) is 11.9 Å². The van der Waals surface area contributed by atoms with Gasteiger partial charge in [-0.15, -0.1) is 11.3 Å². The Hall–Kier alpha value is -3.44. The van der Waals surface area contributed by atoms with Crippen LogP contribution in [-0.4, -0.2) is 17.5 Å². The first-order valence-electron chi connectivity index (χ1n) is 8.87. The molecule has 4 rings (SSSR count). The fourth-order valence-electron chi connectivity index (χ4n) is 2.82. The third-order valence-electron chi connectivity index (χ3n) is 4.15. The number of aromatic nitrogens is 1. The summed E-state index contributed by atoms with van der Waals surface area (Å²) in [5.41, 5.74) is 3.87. The highest BCUT2D eigenvalue weighted by Gasteiger charge is 2.11. The molecule has 4 aromatic rings. The third-order valence-corrected chi connectivity index (χ3v) is 4.91. The van der Waals surface area contributed by atoms with E-state index in [-0.39, 0.29) is 12.5 Å². The number of thiazole rings is 1. The summed E-state index contributed by atoms with van der Waals surface area (Å²) in [5, 5.41) is 5.29. The van der Waals surface area contributed by atoms with E-state index in [1.807, 2.05) is 90.3 Å². The van der Waals surface area contributed by atoms with Gasteiger partial charge in [0.1, 0.15) is 5.75 Å². The predicted molar refractivity (Wildman–Crippen MR) is 114 cm³/mol. The van der Waals surface area contributed by atoms with E-state index in [0.29, 0.717) is 10.9 Å². The van der Waals surface area contributed by atoms with Crippen LogP contribution in [0.4, 0.5) is 5.13 Å². The lowest BCUT2D eigenvalue weighted by Gasteiger charge is -2.11. The molecular weight excluding hydrogens is 368 g/mol. The number of hydrogen-bond donors (Lipinski definition) is 1. The Morgan fingerprint density at radius 3 is 2.25 bits per heavy atom. The summed E-state index contributed by atoms with van der Waals surface area (Å²) in [6, 6.07) is 27.5. The molecule has 0 aliphatic carbocycles. The molecule has 0 spiro atoms. The molecule has 4 nitrogen and oxygen atoms in total. The first-order chi connectivity index (χ1) is 13.8. The van der Waals surface area contributed by atoms with E-state index in [1.54, 1.807) is 0 Å². The maximum atomic E-state index is 12.3. The molecule has 1 heterocycles. The normalized spacial score (nSPS) is 10.4. The molecule has 0 saturated carbocycles. The minimum atomic E-state index is -0.239. The van der Waals surface area contributed by atoms with Gasteiger partial charge in [0.05, 0.1) is 5.69 Å². The highest BCUT2D eigenvalue weighted by atomic mass is 32.1. The average Bonchev–Trinajstić information content (AvgIpc) is 3.22. The van der Waals surface area contributed by atoms with Gasteiger partial charge in [-0.25, -0.2) is 4.98 Å². The van der Waals surface area contributed by atoms with Crippen LogP contribution < -0.4 is 10.1 Å². The number of nitrogens with zero attached hydrogens (tertiary/aromatic N) is 1. The first-order valence-corrected chi connectivity index (χ1v) is 9.75. The minimum absolute atomic E-state index is 0.0793. The van der Waals surface area contributed by atoms with E-state index in [0.717, 1.165) is 22.4 Å². The number of amides is 1. The lowest BCUT2D eigenvalue weighted by molar-refractivity contribution is -0.118. The number of rotatable bonds is 6. The zero-order valence-electron chi connectivity index (χ0n) is 15.0. The maximum Gasteiger partial charge on any atom is 0.264 e. The van der Waals surface area contributed by atoms with Gasteiger partial charge in [-0.05, 0) is 11.6 Å². The van der Waals surface area contributed by atoms with Crippen LogP contribution in [-0.2, 0) is 4.79 Å². The number of anilines is 1. The van der Waals surface area contributed by atoms with Gasteiger partial charge in [0.25, 0.3) is 5.91 Å². The SMILES string of the molecule is O=C(COc1ccccc1-c1ccccc1)Nc1nc(-c2ccccc2)cs1. The molecule has 1 amide bonds. The summed E-state index contributed by atoms with van der Waals surface area (Å²) >= 11 is 1.40. The van der Waals surface area contributed by atoms with Crippen molar-refractivity contribution in [2.24, 2.45) is 0 Å². The van der Waals surface area contributed by atoms with E-state index in [9.17, 15) is 4.79 Å². The molecule has 0 saturated heterocycles. The summed E-state index contributed by atoms with van der Waals surface area (Å²) in [7, 11) is 0. The second kappa shape index (κ2) is 8.50. The van der Waals surface area contributed by atoms with E-state index in [4.69, 9.17) is 4.74 Å². The van der Waals surface area contributed by atoms with Crippen molar-refractivity contribution in [1.29, 1.82) is 0 Å². The quantitative estimate of drug-likeness (QED) is 0.476. The topological polar surface area (TPSA) is 51.2 Å². The summed E-state index contributed by atoms with van der Waals surface area (Å²) < 4.78 is 5.78. The predicted octanol–water partition coefficient (Wildman–Crippen LogP) is 5.49. The second-order valence-electron chi connectivity index (χ2n) is 6.10. The molecule has 0 unspecified atom stereocenters. The highest BCUT2D eigenvalue weighted by Crippen LogP contribution is 2.29. The Bertz CT molecular complexity index is 1060. The fraction of sp³-hybridized carbons (Fsp3) is 0.0435. The van der Waals surface area contributed by atoms with Crippen LogP contribution in [0.25, 0.3) is 22.4 Å². The van der Waals surface area contributed by atoms with E-state index < -0.39 is 0 Å². The van der Waals surface area contributed by atoms with Gasteiger partial charge in [0.15, 0.2) is 11.7 Å². The lowest BCUT2D eigenvalue weighted by Crippen LogP contribution is -2.20. The standard InChI is InChI=1S/C23H18N2O2S/c26-22(25-23-24-20(16-28-23)18-11-5-2-6-12-18)15-27-21-14-8-7-13-19(21)17-9-3-1-4-10-17/h1-14,16H,15H2,(H,24,25,26). The molecule has 3 aromatic carbocycles. The molecule has 0 atom stereocenters. The Morgan fingerprint density at radius 1 is 0.857 bits per heavy atom. The van der Waals surface area contributed by atoms with Crippen LogP contribution >= 0.6 is 11.3 Å². The van der Waals surface area contributed by atoms with Gasteiger partial charge in [-0.1, -0.05) is 78.9 Å². The van der Waals surface area contributed by atoms with Crippen molar-refractivity contribution in [3.63, 3.8) is 0 Å². The highest BCUT2D eigenvalue weighted by molar-refractivity contribution is 7.14. The average molecular weight is 386 g/mol. The number of para-hydroxylation sites is 1. The molecule has 138 valence electrons. The summed E-state index contributed by atoms with van der Waals surface area (Å²) in [4.78, 5) is 16.8. The third kappa shape index (κ3) is 4.27. The molecule has 0 aliphatic rings. The monoisotopic (exact) mass is 386 g/mol. The fourth-order valence-corrected chi connectivity index (χ4v) is 3.56. The summed E-state index contributed by atoms with van der Waals surface area (Å²) in [5.74, 6) is 0.435. The molecule has 5 heteroatoms. The van der Waals surface area contributed by atoms with Gasteiger partial charge in [0, 0.05) is 16.5 Å². The van der Waals surface area contributed by atoms with Crippen molar-refractivity contribution in [3.8, 4) is 28.1 Å². The largest absolute Gasteiger partial charge is 0.483 e. The van der Waals surface area contributed by atoms with Gasteiger partial charge >= 0.3 is 0 Å². The number of benzene rings is 3. The lowest BCUT2D eigenvalue weighted by atomic mass is 10.1. The molecule has 0 aliphatic heterocycles. The van der Waals surface area contributed by atoms with E-state index >= 15 is 0 Å². The van der Waals surface area contributed by atoms with Crippen LogP contribution in [0, 0.1) is 0 Å². The summed E-state index contributed by atoms with van der Waals surface area (Å²) in [6.45, 7) is -0.0793. The second-order valence-corrected chi connectivity index (χ2v) is 6.96. The number of carbonyl (C=O) groups excluding carboxylic acids is 1. The van der Waals surface area contributed by atoms with Crippen LogP contribution in [0.3, 0.4) is 0 Å². The smallest absolute Gasteiger partial charge is 0.264 e. The molecule has 0 bridgehead atoms. The molecule has 1 aromatic heterocycles. The minimum Gasteiger partial charge on any atom is -0.483 e. The van der Waals surface area contributed by atoms with Crippen molar-refractivity contribution in [2.45, 2.75) is 0 Å². The van der Waals surface area contributed by atoms with Crippen LogP contribution in [0.1, 0.15) is 0 Å². The van der Waals surface area contributed by atoms with Gasteiger partial charge in [-0.2, -0.15) is 0 Å². The van der Waals surface area contributed by atoms with Gasteiger partial charge in [-0.3, -0.25) is 10.1 Å². The zero-order chi connectivity index (χ0) is 19.2.